The van der Waals surface area contributed by atoms with Crippen molar-refractivity contribution in [2.75, 3.05) is 0 Å². The number of unbranched alkanes of at least 4 members (excludes halogenated alkanes) is 2. The molecule has 0 unspecified atom stereocenters. The quantitative estimate of drug-likeness (QED) is 0.259. The highest BCUT2D eigenvalue weighted by Crippen LogP contribution is 2.17. The average Bonchev–Trinajstić information content (AvgIpc) is 3.18. The maximum Gasteiger partial charge on any atom is 0.335 e. The van der Waals surface area contributed by atoms with Gasteiger partial charge >= 0.3 is 5.97 Å². The zero-order valence-corrected chi connectivity index (χ0v) is 15.0. The predicted molar refractivity (Wildman–Crippen MR) is 103 cm³/mol. The van der Waals surface area contributed by atoms with Crippen LogP contribution in [0.2, 0.25) is 0 Å². The van der Waals surface area contributed by atoms with Gasteiger partial charge in [0.1, 0.15) is 5.71 Å². The molecule has 3 aromatic rings. The molecule has 5 nitrogen and oxygen atoms in total. The number of imidazole rings is 1. The van der Waals surface area contributed by atoms with Crippen LogP contribution in [0.5, 0.6) is 0 Å². The topological polar surface area (TPSA) is 56.5 Å². The fourth-order valence-corrected chi connectivity index (χ4v) is 2.77. The van der Waals surface area contributed by atoms with E-state index in [-0.39, 0.29) is 5.97 Å². The highest BCUT2D eigenvalue weighted by atomic mass is 16.7. The Labute approximate surface area is 153 Å². The molecular formula is C21H23N3O2. The van der Waals surface area contributed by atoms with E-state index in [0.717, 1.165) is 35.6 Å². The van der Waals surface area contributed by atoms with Crippen LogP contribution < -0.4 is 0 Å². The van der Waals surface area contributed by atoms with Crippen LogP contribution in [0.1, 0.15) is 38.2 Å². The lowest BCUT2D eigenvalue weighted by atomic mass is 10.0. The molecule has 0 bridgehead atoms. The number of hydrogen-bond acceptors (Lipinski definition) is 4. The number of aromatic nitrogens is 2. The lowest BCUT2D eigenvalue weighted by Crippen LogP contribution is -2.12. The molecule has 0 spiro atoms. The van der Waals surface area contributed by atoms with Gasteiger partial charge in [0.15, 0.2) is 0 Å². The number of oxime groups is 1. The largest absolute Gasteiger partial charge is 0.335 e. The molecule has 1 heterocycles. The molecule has 0 saturated heterocycles. The maximum atomic E-state index is 11.9. The van der Waals surface area contributed by atoms with E-state index in [2.05, 4.69) is 41.3 Å². The monoisotopic (exact) mass is 349 g/mol. The van der Waals surface area contributed by atoms with Crippen LogP contribution in [-0.4, -0.2) is 21.2 Å². The first-order chi connectivity index (χ1) is 12.8. The van der Waals surface area contributed by atoms with E-state index in [0.29, 0.717) is 18.7 Å². The second-order valence-corrected chi connectivity index (χ2v) is 6.26. The Morgan fingerprint density at radius 1 is 1.15 bits per heavy atom. The van der Waals surface area contributed by atoms with Crippen LogP contribution in [0.25, 0.3) is 10.8 Å². The molecular weight excluding hydrogens is 326 g/mol. The van der Waals surface area contributed by atoms with Crippen LogP contribution in [0.15, 0.2) is 66.3 Å². The van der Waals surface area contributed by atoms with E-state index in [1.165, 1.54) is 0 Å². The molecule has 0 saturated carbocycles. The van der Waals surface area contributed by atoms with Crippen molar-refractivity contribution < 1.29 is 9.63 Å². The second-order valence-electron chi connectivity index (χ2n) is 6.26. The number of nitrogens with zero attached hydrogens (tertiary/aromatic N) is 3. The highest BCUT2D eigenvalue weighted by molar-refractivity contribution is 6.03. The van der Waals surface area contributed by atoms with E-state index in [1.807, 2.05) is 29.0 Å². The van der Waals surface area contributed by atoms with E-state index < -0.39 is 0 Å². The Balaban J connectivity index is 1.82. The zero-order chi connectivity index (χ0) is 18.2. The molecule has 0 aliphatic carbocycles. The minimum absolute atomic E-state index is 0.289. The summed E-state index contributed by atoms with van der Waals surface area (Å²) in [6.07, 6.45) is 8.62. The first-order valence-corrected chi connectivity index (χ1v) is 8.98. The molecule has 134 valence electrons. The Bertz CT molecular complexity index is 885. The van der Waals surface area contributed by atoms with Gasteiger partial charge in [-0.25, -0.2) is 9.78 Å². The minimum atomic E-state index is -0.289. The average molecular weight is 349 g/mol. The van der Waals surface area contributed by atoms with Gasteiger partial charge in [0, 0.05) is 24.4 Å². The standard InChI is InChI=1S/C21H23N3O2/c1-2-3-4-9-21(25)26-23-20(15-24-13-12-22-16-24)19-11-10-17-7-5-6-8-18(17)14-19/h5-8,10-14,16H,2-4,9,15H2,1H3/b23-20+. The number of carbonyl (C=O) groups excluding carboxylic acids is 1. The van der Waals surface area contributed by atoms with Gasteiger partial charge in [-0.2, -0.15) is 0 Å². The second kappa shape index (κ2) is 8.94. The third-order valence-electron chi connectivity index (χ3n) is 4.22. The summed E-state index contributed by atoms with van der Waals surface area (Å²) >= 11 is 0. The first-order valence-electron chi connectivity index (χ1n) is 8.98. The zero-order valence-electron chi connectivity index (χ0n) is 15.0. The number of hydrogen-bond donors (Lipinski definition) is 0. The minimum Gasteiger partial charge on any atom is -0.331 e. The summed E-state index contributed by atoms with van der Waals surface area (Å²) < 4.78 is 1.90. The van der Waals surface area contributed by atoms with Gasteiger partial charge < -0.3 is 9.40 Å². The van der Waals surface area contributed by atoms with E-state index in [4.69, 9.17) is 4.84 Å². The molecule has 0 N–H and O–H groups in total. The highest BCUT2D eigenvalue weighted by Gasteiger charge is 2.09. The molecule has 0 atom stereocenters. The molecule has 26 heavy (non-hydrogen) atoms. The summed E-state index contributed by atoms with van der Waals surface area (Å²) in [5.74, 6) is -0.289. The van der Waals surface area contributed by atoms with Crippen LogP contribution in [0.4, 0.5) is 0 Å². The molecule has 2 aromatic carbocycles. The molecule has 0 aliphatic rings. The number of benzene rings is 2. The van der Waals surface area contributed by atoms with Crippen LogP contribution in [0, 0.1) is 0 Å². The van der Waals surface area contributed by atoms with E-state index in [9.17, 15) is 4.79 Å². The fourth-order valence-electron chi connectivity index (χ4n) is 2.77. The van der Waals surface area contributed by atoms with Crippen molar-refractivity contribution >= 4 is 22.5 Å². The van der Waals surface area contributed by atoms with Crippen molar-refractivity contribution in [2.45, 2.75) is 39.2 Å². The third-order valence-corrected chi connectivity index (χ3v) is 4.22. The smallest absolute Gasteiger partial charge is 0.331 e. The lowest BCUT2D eigenvalue weighted by Gasteiger charge is -2.09. The van der Waals surface area contributed by atoms with Crippen molar-refractivity contribution in [1.29, 1.82) is 0 Å². The molecule has 0 amide bonds. The van der Waals surface area contributed by atoms with Gasteiger partial charge in [-0.1, -0.05) is 61.3 Å². The van der Waals surface area contributed by atoms with Crippen LogP contribution in [-0.2, 0) is 16.2 Å². The van der Waals surface area contributed by atoms with Crippen molar-refractivity contribution in [3.8, 4) is 0 Å². The van der Waals surface area contributed by atoms with Gasteiger partial charge in [-0.05, 0) is 23.3 Å². The molecule has 0 aliphatic heterocycles. The van der Waals surface area contributed by atoms with Crippen molar-refractivity contribution in [2.24, 2.45) is 5.16 Å². The SMILES string of the molecule is CCCCCC(=O)O/N=C(\Cn1ccnc1)c1ccc2ccccc2c1. The van der Waals surface area contributed by atoms with Gasteiger partial charge in [0.05, 0.1) is 12.9 Å². The fraction of sp³-hybridized carbons (Fsp3) is 0.286. The van der Waals surface area contributed by atoms with Crippen molar-refractivity contribution in [3.63, 3.8) is 0 Å². The van der Waals surface area contributed by atoms with Crippen LogP contribution >= 0.6 is 0 Å². The Hall–Kier alpha value is -2.95. The van der Waals surface area contributed by atoms with E-state index >= 15 is 0 Å². The molecule has 0 radical (unpaired) electrons. The normalized spacial score (nSPS) is 11.7. The lowest BCUT2D eigenvalue weighted by molar-refractivity contribution is -0.143. The van der Waals surface area contributed by atoms with Gasteiger partial charge in [-0.3, -0.25) is 0 Å². The van der Waals surface area contributed by atoms with Crippen LogP contribution in [0.3, 0.4) is 0 Å². The molecule has 5 heteroatoms. The number of carbonyl (C=O) groups is 1. The summed E-state index contributed by atoms with van der Waals surface area (Å²) in [5.41, 5.74) is 1.62. The predicted octanol–water partition coefficient (Wildman–Crippen LogP) is 4.56. The molecule has 3 rings (SSSR count). The Morgan fingerprint density at radius 2 is 2.00 bits per heavy atom. The maximum absolute atomic E-state index is 11.9. The van der Waals surface area contributed by atoms with E-state index in [1.54, 1.807) is 12.5 Å². The number of fused-ring (bicyclic) bond motifs is 1. The van der Waals surface area contributed by atoms with Gasteiger partial charge in [0.25, 0.3) is 0 Å². The summed E-state index contributed by atoms with van der Waals surface area (Å²) in [5, 5.41) is 6.46. The third kappa shape index (κ3) is 4.79. The number of rotatable bonds is 8. The summed E-state index contributed by atoms with van der Waals surface area (Å²) in [7, 11) is 0. The Kier molecular flexibility index (Phi) is 6.14. The Morgan fingerprint density at radius 3 is 2.77 bits per heavy atom. The molecule has 0 fully saturated rings. The summed E-state index contributed by atoms with van der Waals surface area (Å²) in [4.78, 5) is 21.2. The van der Waals surface area contributed by atoms with Gasteiger partial charge in [-0.15, -0.1) is 0 Å². The molecule has 1 aromatic heterocycles. The van der Waals surface area contributed by atoms with Crippen molar-refractivity contribution in [1.82, 2.24) is 9.55 Å². The first kappa shape index (κ1) is 17.9. The van der Waals surface area contributed by atoms with Crippen molar-refractivity contribution in [3.05, 3.63) is 66.7 Å². The summed E-state index contributed by atoms with van der Waals surface area (Å²) in [6, 6.07) is 14.3. The van der Waals surface area contributed by atoms with Gasteiger partial charge in [0.2, 0.25) is 0 Å². The summed E-state index contributed by atoms with van der Waals surface area (Å²) in [6.45, 7) is 2.59.